The highest BCUT2D eigenvalue weighted by molar-refractivity contribution is 5.93. The molecule has 0 saturated heterocycles. The van der Waals surface area contributed by atoms with Gasteiger partial charge in [-0.15, -0.1) is 0 Å². The van der Waals surface area contributed by atoms with Gasteiger partial charge < -0.3 is 30.3 Å². The van der Waals surface area contributed by atoms with Crippen LogP contribution in [0.3, 0.4) is 0 Å². The summed E-state index contributed by atoms with van der Waals surface area (Å²) >= 11 is 0. The van der Waals surface area contributed by atoms with Crippen LogP contribution in [-0.2, 0) is 0 Å². The average molecular weight is 306 g/mol. The topological polar surface area (TPSA) is 145 Å². The molecule has 0 amide bonds. The number of carbonyl (C=O) groups is 2. The van der Waals surface area contributed by atoms with Crippen molar-refractivity contribution in [3.05, 3.63) is 41.5 Å². The van der Waals surface area contributed by atoms with Gasteiger partial charge in [-0.2, -0.15) is 0 Å². The number of hydrogen-bond donors (Lipinski definition) is 5. The molecule has 2 rings (SSSR count). The van der Waals surface area contributed by atoms with Gasteiger partial charge in [0.2, 0.25) is 5.75 Å². The van der Waals surface area contributed by atoms with Crippen molar-refractivity contribution >= 4 is 11.9 Å². The van der Waals surface area contributed by atoms with E-state index in [-0.39, 0.29) is 5.56 Å². The molecule has 114 valence electrons. The number of carboxylic acid groups (broad SMARTS) is 1. The van der Waals surface area contributed by atoms with E-state index in [1.165, 1.54) is 0 Å². The predicted octanol–water partition coefficient (Wildman–Crippen LogP) is 1.43. The Morgan fingerprint density at radius 3 is 2.05 bits per heavy atom. The maximum absolute atomic E-state index is 11.9. The van der Waals surface area contributed by atoms with E-state index < -0.39 is 46.2 Å². The lowest BCUT2D eigenvalue weighted by Gasteiger charge is -2.09. The van der Waals surface area contributed by atoms with Gasteiger partial charge in [-0.25, -0.2) is 9.59 Å². The molecule has 2 aromatic rings. The van der Waals surface area contributed by atoms with Crippen molar-refractivity contribution in [2.45, 2.75) is 0 Å². The molecule has 0 aromatic heterocycles. The highest BCUT2D eigenvalue weighted by Crippen LogP contribution is 2.37. The maximum atomic E-state index is 11.9. The molecule has 2 aromatic carbocycles. The van der Waals surface area contributed by atoms with Crippen molar-refractivity contribution in [2.24, 2.45) is 0 Å². The average Bonchev–Trinajstić information content (AvgIpc) is 2.46. The first-order valence-electron chi connectivity index (χ1n) is 5.83. The molecule has 0 saturated carbocycles. The Balaban J connectivity index is 2.35. The predicted molar refractivity (Wildman–Crippen MR) is 71.5 cm³/mol. The van der Waals surface area contributed by atoms with Gasteiger partial charge in [0, 0.05) is 0 Å². The fourth-order valence-corrected chi connectivity index (χ4v) is 1.60. The Morgan fingerprint density at radius 2 is 1.45 bits per heavy atom. The molecule has 0 bridgehead atoms. The van der Waals surface area contributed by atoms with Crippen molar-refractivity contribution in [1.82, 2.24) is 0 Å². The summed E-state index contributed by atoms with van der Waals surface area (Å²) in [5.41, 5.74) is -0.554. The van der Waals surface area contributed by atoms with Crippen LogP contribution < -0.4 is 4.74 Å². The molecule has 0 atom stereocenters. The van der Waals surface area contributed by atoms with Gasteiger partial charge in [0.1, 0.15) is 0 Å². The highest BCUT2D eigenvalue weighted by Gasteiger charge is 2.18. The van der Waals surface area contributed by atoms with Gasteiger partial charge >= 0.3 is 11.9 Å². The number of esters is 1. The summed E-state index contributed by atoms with van der Waals surface area (Å²) in [4.78, 5) is 22.7. The second kappa shape index (κ2) is 5.52. The van der Waals surface area contributed by atoms with Gasteiger partial charge in [-0.1, -0.05) is 0 Å². The number of carboxylic acids is 1. The number of benzene rings is 2. The van der Waals surface area contributed by atoms with Crippen molar-refractivity contribution in [3.63, 3.8) is 0 Å². The quantitative estimate of drug-likeness (QED) is 0.325. The van der Waals surface area contributed by atoms with Gasteiger partial charge in [0.15, 0.2) is 23.0 Å². The van der Waals surface area contributed by atoms with Crippen molar-refractivity contribution < 1.29 is 39.9 Å². The van der Waals surface area contributed by atoms with Crippen LogP contribution >= 0.6 is 0 Å². The van der Waals surface area contributed by atoms with E-state index in [1.54, 1.807) is 0 Å². The molecule has 0 aliphatic rings. The van der Waals surface area contributed by atoms with Crippen LogP contribution in [-0.4, -0.2) is 37.5 Å². The number of hydrogen-bond acceptors (Lipinski definition) is 7. The second-order valence-corrected chi connectivity index (χ2v) is 4.24. The summed E-state index contributed by atoms with van der Waals surface area (Å²) in [6.07, 6.45) is 0. The number of ether oxygens (including phenoxy) is 1. The molecule has 5 N–H and O–H groups in total. The zero-order valence-electron chi connectivity index (χ0n) is 10.8. The van der Waals surface area contributed by atoms with E-state index in [2.05, 4.69) is 0 Å². The normalized spacial score (nSPS) is 10.2. The molecular weight excluding hydrogens is 296 g/mol. The molecule has 0 unspecified atom stereocenters. The minimum Gasteiger partial charge on any atom is -0.504 e. The SMILES string of the molecule is O=C(O)c1cc(O)c(O)c(OC(=O)c2ccc(O)c(O)c2)c1. The smallest absolute Gasteiger partial charge is 0.343 e. The van der Waals surface area contributed by atoms with Gasteiger partial charge in [-0.3, -0.25) is 0 Å². The van der Waals surface area contributed by atoms with E-state index in [0.717, 1.165) is 30.3 Å². The Labute approximate surface area is 123 Å². The third kappa shape index (κ3) is 2.85. The third-order valence-electron chi connectivity index (χ3n) is 2.72. The molecule has 22 heavy (non-hydrogen) atoms. The third-order valence-corrected chi connectivity index (χ3v) is 2.72. The minimum atomic E-state index is -1.39. The molecule has 0 aliphatic carbocycles. The number of phenolic OH excluding ortho intramolecular Hbond substituents is 4. The van der Waals surface area contributed by atoms with Crippen molar-refractivity contribution in [3.8, 4) is 28.7 Å². The lowest BCUT2D eigenvalue weighted by atomic mass is 10.1. The lowest BCUT2D eigenvalue weighted by Crippen LogP contribution is -2.09. The summed E-state index contributed by atoms with van der Waals surface area (Å²) in [6, 6.07) is 4.78. The van der Waals surface area contributed by atoms with Crippen LogP contribution in [0.5, 0.6) is 28.7 Å². The molecule has 0 fully saturated rings. The maximum Gasteiger partial charge on any atom is 0.343 e. The second-order valence-electron chi connectivity index (χ2n) is 4.24. The van der Waals surface area contributed by atoms with Gasteiger partial charge in [0.25, 0.3) is 0 Å². The van der Waals surface area contributed by atoms with Gasteiger partial charge in [0.05, 0.1) is 11.1 Å². The van der Waals surface area contributed by atoms with Crippen LogP contribution in [0.15, 0.2) is 30.3 Å². The van der Waals surface area contributed by atoms with E-state index in [9.17, 15) is 24.9 Å². The molecule has 0 spiro atoms. The molecule has 8 heteroatoms. The molecule has 0 radical (unpaired) electrons. The van der Waals surface area contributed by atoms with Crippen LogP contribution in [0.25, 0.3) is 0 Å². The van der Waals surface area contributed by atoms with Crippen molar-refractivity contribution in [1.29, 1.82) is 0 Å². The molecule has 0 aliphatic heterocycles. The fraction of sp³-hybridized carbons (Fsp3) is 0. The summed E-state index contributed by atoms with van der Waals surface area (Å²) in [5.74, 6) is -5.55. The molecule has 8 nitrogen and oxygen atoms in total. The monoisotopic (exact) mass is 306 g/mol. The lowest BCUT2D eigenvalue weighted by molar-refractivity contribution is 0.0685. The first-order chi connectivity index (χ1) is 10.3. The summed E-state index contributed by atoms with van der Waals surface area (Å²) in [6.45, 7) is 0. The number of rotatable bonds is 3. The summed E-state index contributed by atoms with van der Waals surface area (Å²) < 4.78 is 4.79. The molecule has 0 heterocycles. The Morgan fingerprint density at radius 1 is 0.818 bits per heavy atom. The number of aromatic hydroxyl groups is 4. The summed E-state index contributed by atoms with van der Waals surface area (Å²) in [7, 11) is 0. The van der Waals surface area contributed by atoms with Gasteiger partial charge in [-0.05, 0) is 30.3 Å². The van der Waals surface area contributed by atoms with E-state index in [1.807, 2.05) is 0 Å². The number of aromatic carboxylic acids is 1. The fourth-order valence-electron chi connectivity index (χ4n) is 1.60. The Hall–Kier alpha value is -3.42. The zero-order valence-corrected chi connectivity index (χ0v) is 10.8. The van der Waals surface area contributed by atoms with Crippen LogP contribution in [0, 0.1) is 0 Å². The number of carbonyl (C=O) groups excluding carboxylic acids is 1. The van der Waals surface area contributed by atoms with E-state index >= 15 is 0 Å². The minimum absolute atomic E-state index is 0.157. The Kier molecular flexibility index (Phi) is 3.76. The molecular formula is C14H10O8. The standard InChI is InChI=1S/C14H10O8/c15-8-2-1-6(3-9(8)16)14(21)22-11-5-7(13(19)20)4-10(17)12(11)18/h1-5,15-18H,(H,19,20). The first kappa shape index (κ1) is 15.0. The largest absolute Gasteiger partial charge is 0.504 e. The zero-order chi connectivity index (χ0) is 16.4. The van der Waals surface area contributed by atoms with E-state index in [4.69, 9.17) is 14.9 Å². The van der Waals surface area contributed by atoms with E-state index in [0.29, 0.717) is 0 Å². The number of phenols is 4. The van der Waals surface area contributed by atoms with Crippen molar-refractivity contribution in [2.75, 3.05) is 0 Å². The van der Waals surface area contributed by atoms with Crippen LogP contribution in [0.2, 0.25) is 0 Å². The summed E-state index contributed by atoms with van der Waals surface area (Å²) in [5, 5.41) is 46.3. The highest BCUT2D eigenvalue weighted by atomic mass is 16.5. The van der Waals surface area contributed by atoms with Crippen LogP contribution in [0.1, 0.15) is 20.7 Å². The Bertz CT molecular complexity index is 766. The first-order valence-corrected chi connectivity index (χ1v) is 5.83. The van der Waals surface area contributed by atoms with Crippen LogP contribution in [0.4, 0.5) is 0 Å².